The van der Waals surface area contributed by atoms with Crippen molar-refractivity contribution in [2.45, 2.75) is 0 Å². The monoisotopic (exact) mass is 321 g/mol. The topological polar surface area (TPSA) is 47.6 Å². The van der Waals surface area contributed by atoms with Gasteiger partial charge in [-0.3, -0.25) is 5.11 Å². The van der Waals surface area contributed by atoms with E-state index in [2.05, 4.69) is 0 Å². The van der Waals surface area contributed by atoms with Crippen LogP contribution in [-0.4, -0.2) is 14.2 Å². The average molecular weight is 321 g/mol. The molecule has 0 bridgehead atoms. The van der Waals surface area contributed by atoms with Crippen molar-refractivity contribution in [1.29, 1.82) is 0 Å². The van der Waals surface area contributed by atoms with Gasteiger partial charge < -0.3 is 14.2 Å². The first-order chi connectivity index (χ1) is 11.7. The lowest BCUT2D eigenvalue weighted by Crippen LogP contribution is -1.92. The second-order valence-electron chi connectivity index (χ2n) is 5.14. The Kier molecular flexibility index (Phi) is 4.57. The molecule has 0 aromatic heterocycles. The molecule has 0 unspecified atom stereocenters. The van der Waals surface area contributed by atoms with Crippen molar-refractivity contribution < 1.29 is 19.3 Å². The quantitative estimate of drug-likeness (QED) is 0.640. The lowest BCUT2D eigenvalue weighted by Gasteiger charge is -2.12. The molecule has 0 N–H and O–H groups in total. The molecule has 0 amide bonds. The van der Waals surface area contributed by atoms with Crippen LogP contribution in [0.25, 0.3) is 11.1 Å². The van der Waals surface area contributed by atoms with Crippen molar-refractivity contribution in [2.75, 3.05) is 14.2 Å². The van der Waals surface area contributed by atoms with Gasteiger partial charge in [0, 0.05) is 11.6 Å². The van der Waals surface area contributed by atoms with Crippen molar-refractivity contribution in [1.82, 2.24) is 0 Å². The highest BCUT2D eigenvalue weighted by Crippen LogP contribution is 2.37. The van der Waals surface area contributed by atoms with Crippen LogP contribution in [0.15, 0.2) is 66.7 Å². The highest BCUT2D eigenvalue weighted by molar-refractivity contribution is 5.71. The number of para-hydroxylation sites is 1. The van der Waals surface area contributed by atoms with Gasteiger partial charge in [0.2, 0.25) is 0 Å². The van der Waals surface area contributed by atoms with Crippen LogP contribution in [0.1, 0.15) is 0 Å². The fourth-order valence-electron chi connectivity index (χ4n) is 2.42. The van der Waals surface area contributed by atoms with E-state index in [9.17, 15) is 5.11 Å². The normalized spacial score (nSPS) is 10.2. The van der Waals surface area contributed by atoms with Crippen LogP contribution in [0.5, 0.6) is 28.7 Å². The summed E-state index contributed by atoms with van der Waals surface area (Å²) in [6.45, 7) is 0. The molecule has 0 fully saturated rings. The number of ether oxygens (including phenoxy) is 3. The summed E-state index contributed by atoms with van der Waals surface area (Å²) in [5.41, 5.74) is 1.44. The van der Waals surface area contributed by atoms with Gasteiger partial charge in [-0.25, -0.2) is 0 Å². The summed E-state index contributed by atoms with van der Waals surface area (Å²) >= 11 is 0. The van der Waals surface area contributed by atoms with E-state index in [0.717, 1.165) is 5.56 Å². The van der Waals surface area contributed by atoms with Crippen LogP contribution in [0.3, 0.4) is 0 Å². The number of hydrogen-bond donors (Lipinski definition) is 0. The first-order valence-electron chi connectivity index (χ1n) is 7.47. The Morgan fingerprint density at radius 3 is 2.29 bits per heavy atom. The summed E-state index contributed by atoms with van der Waals surface area (Å²) < 4.78 is 16.5. The molecule has 0 saturated carbocycles. The average Bonchev–Trinajstić information content (AvgIpc) is 2.62. The molecule has 3 rings (SSSR count). The molecule has 0 heterocycles. The molecule has 0 atom stereocenters. The van der Waals surface area contributed by atoms with E-state index in [1.807, 2.05) is 30.3 Å². The van der Waals surface area contributed by atoms with E-state index in [0.29, 0.717) is 28.6 Å². The fourth-order valence-corrected chi connectivity index (χ4v) is 2.42. The van der Waals surface area contributed by atoms with Gasteiger partial charge in [-0.1, -0.05) is 30.3 Å². The first kappa shape index (κ1) is 15.7. The lowest BCUT2D eigenvalue weighted by molar-refractivity contribution is 0.356. The van der Waals surface area contributed by atoms with Gasteiger partial charge in [-0.2, -0.15) is 0 Å². The molecule has 3 aromatic rings. The van der Waals surface area contributed by atoms with E-state index in [-0.39, 0.29) is 5.75 Å². The summed E-state index contributed by atoms with van der Waals surface area (Å²) in [4.78, 5) is 0. The molecular formula is C20H17O4. The Balaban J connectivity index is 1.95. The molecule has 0 saturated heterocycles. The molecule has 0 spiro atoms. The SMILES string of the molecule is COc1ccc(OC)c(Oc2cccc(-c3ccccc3[O])c2)c1. The second-order valence-corrected chi connectivity index (χ2v) is 5.14. The highest BCUT2D eigenvalue weighted by atomic mass is 16.5. The Bertz CT molecular complexity index is 843. The van der Waals surface area contributed by atoms with E-state index < -0.39 is 0 Å². The number of methoxy groups -OCH3 is 2. The molecule has 3 aromatic carbocycles. The summed E-state index contributed by atoms with van der Waals surface area (Å²) in [6, 6.07) is 19.7. The Hall–Kier alpha value is -3.14. The molecule has 4 heteroatoms. The van der Waals surface area contributed by atoms with Crippen LogP contribution in [0.2, 0.25) is 0 Å². The van der Waals surface area contributed by atoms with Crippen molar-refractivity contribution in [2.24, 2.45) is 0 Å². The van der Waals surface area contributed by atoms with Crippen molar-refractivity contribution in [3.8, 4) is 39.9 Å². The maximum Gasteiger partial charge on any atom is 0.186 e. The minimum absolute atomic E-state index is 0.0198. The van der Waals surface area contributed by atoms with Crippen LogP contribution < -0.4 is 14.2 Å². The summed E-state index contributed by atoms with van der Waals surface area (Å²) in [7, 11) is 3.18. The zero-order chi connectivity index (χ0) is 16.9. The molecule has 121 valence electrons. The number of hydrogen-bond acceptors (Lipinski definition) is 3. The zero-order valence-corrected chi connectivity index (χ0v) is 13.5. The second kappa shape index (κ2) is 6.96. The van der Waals surface area contributed by atoms with Crippen LogP contribution >= 0.6 is 0 Å². The van der Waals surface area contributed by atoms with E-state index in [4.69, 9.17) is 14.2 Å². The third-order valence-electron chi connectivity index (χ3n) is 3.63. The van der Waals surface area contributed by atoms with E-state index in [1.165, 1.54) is 0 Å². The van der Waals surface area contributed by atoms with Crippen LogP contribution in [0.4, 0.5) is 0 Å². The lowest BCUT2D eigenvalue weighted by atomic mass is 10.0. The minimum Gasteiger partial charge on any atom is -0.497 e. The molecule has 4 nitrogen and oxygen atoms in total. The number of rotatable bonds is 5. The van der Waals surface area contributed by atoms with Crippen molar-refractivity contribution in [3.05, 3.63) is 66.7 Å². The summed E-state index contributed by atoms with van der Waals surface area (Å²) in [5, 5.41) is 12.0. The maximum absolute atomic E-state index is 12.0. The predicted octanol–water partition coefficient (Wildman–Crippen LogP) is 5.31. The number of benzene rings is 3. The van der Waals surface area contributed by atoms with Gasteiger partial charge >= 0.3 is 0 Å². The van der Waals surface area contributed by atoms with Crippen LogP contribution in [0, 0.1) is 0 Å². The zero-order valence-electron chi connectivity index (χ0n) is 13.5. The highest BCUT2D eigenvalue weighted by Gasteiger charge is 2.10. The molecule has 1 radical (unpaired) electrons. The smallest absolute Gasteiger partial charge is 0.186 e. The third-order valence-corrected chi connectivity index (χ3v) is 3.63. The summed E-state index contributed by atoms with van der Waals surface area (Å²) in [5.74, 6) is 2.41. The molecule has 0 aliphatic heterocycles. The van der Waals surface area contributed by atoms with Gasteiger partial charge in [0.15, 0.2) is 17.2 Å². The van der Waals surface area contributed by atoms with E-state index >= 15 is 0 Å². The molecule has 24 heavy (non-hydrogen) atoms. The van der Waals surface area contributed by atoms with E-state index in [1.54, 1.807) is 50.6 Å². The van der Waals surface area contributed by atoms with Gasteiger partial charge in [-0.05, 0) is 35.9 Å². The maximum atomic E-state index is 12.0. The van der Waals surface area contributed by atoms with Gasteiger partial charge in [0.1, 0.15) is 11.5 Å². The molecule has 0 aliphatic rings. The largest absolute Gasteiger partial charge is 0.497 e. The first-order valence-corrected chi connectivity index (χ1v) is 7.47. The fraction of sp³-hybridized carbons (Fsp3) is 0.100. The predicted molar refractivity (Wildman–Crippen MR) is 91.6 cm³/mol. The van der Waals surface area contributed by atoms with Gasteiger partial charge in [-0.15, -0.1) is 0 Å². The standard InChI is InChI=1S/C20H17O4/c1-22-15-10-11-19(23-2)20(13-15)24-16-7-5-6-14(12-16)17-8-3-4-9-18(17)21/h3-13H,1-2H3. The van der Waals surface area contributed by atoms with Crippen LogP contribution in [-0.2, 0) is 5.11 Å². The molecular weight excluding hydrogens is 304 g/mol. The minimum atomic E-state index is -0.0198. The Morgan fingerprint density at radius 2 is 1.54 bits per heavy atom. The van der Waals surface area contributed by atoms with Crippen molar-refractivity contribution >= 4 is 0 Å². The molecule has 0 aliphatic carbocycles. The van der Waals surface area contributed by atoms with Gasteiger partial charge in [0.05, 0.1) is 14.2 Å². The van der Waals surface area contributed by atoms with Gasteiger partial charge in [0.25, 0.3) is 0 Å². The van der Waals surface area contributed by atoms with Crippen molar-refractivity contribution in [3.63, 3.8) is 0 Å². The summed E-state index contributed by atoms with van der Waals surface area (Å²) in [6.07, 6.45) is 0. The Morgan fingerprint density at radius 1 is 0.708 bits per heavy atom. The Labute approximate surface area is 140 Å². The third kappa shape index (κ3) is 3.27.